The predicted molar refractivity (Wildman–Crippen MR) is 133 cm³/mol. The minimum Gasteiger partial charge on any atom is -0.357 e. The molecule has 2 aromatic heterocycles. The molecule has 0 radical (unpaired) electrons. The van der Waals surface area contributed by atoms with Gasteiger partial charge in [0.25, 0.3) is 5.91 Å². The van der Waals surface area contributed by atoms with Crippen molar-refractivity contribution in [3.05, 3.63) is 59.7 Å². The maximum atomic E-state index is 13.4. The van der Waals surface area contributed by atoms with Crippen LogP contribution >= 0.6 is 0 Å². The van der Waals surface area contributed by atoms with Gasteiger partial charge < -0.3 is 30.2 Å². The Morgan fingerprint density at radius 1 is 1.09 bits per heavy atom. The van der Waals surface area contributed by atoms with E-state index >= 15 is 0 Å². The first-order valence-corrected chi connectivity index (χ1v) is 11.9. The summed E-state index contributed by atoms with van der Waals surface area (Å²) in [6.45, 7) is 2.38. The summed E-state index contributed by atoms with van der Waals surface area (Å²) in [5.41, 5.74) is 10.1. The van der Waals surface area contributed by atoms with Crippen LogP contribution in [0.25, 0.3) is 43.6 Å². The quantitative estimate of drug-likeness (QED) is 0.354. The summed E-state index contributed by atoms with van der Waals surface area (Å²) in [4.78, 5) is 26.6. The van der Waals surface area contributed by atoms with Crippen LogP contribution in [-0.2, 0) is 21.8 Å². The molecule has 2 amide bonds. The van der Waals surface area contributed by atoms with E-state index in [9.17, 15) is 9.59 Å². The highest BCUT2D eigenvalue weighted by Gasteiger charge is 2.63. The van der Waals surface area contributed by atoms with Crippen molar-refractivity contribution < 1.29 is 14.3 Å². The number of ether oxygens (including phenoxy) is 1. The molecule has 0 aliphatic carbocycles. The summed E-state index contributed by atoms with van der Waals surface area (Å²) < 4.78 is 11.1. The highest BCUT2D eigenvalue weighted by Crippen LogP contribution is 2.56. The van der Waals surface area contributed by atoms with E-state index in [-0.39, 0.29) is 11.8 Å². The first-order valence-electron chi connectivity index (χ1n) is 11.9. The molecular formula is C27H23N5O3. The number of carbonyl (C=O) groups excluding carboxylic acids is 2. The standard InChI is InChI=1S/C27H23N5O3/c1-26-27(28,25(34)29-2)11-18(35-26)31-16-9-5-3-7-13(16)20-21-15(12-30-24(21)33)19-14-8-4-6-10-17(14)32(26)23(19)22(20)31/h3-10,18H,11-12,28H2,1-2H3,(H,29,34)(H,30,33)/t18?,26-,27-/m0/s1. The van der Waals surface area contributed by atoms with Gasteiger partial charge >= 0.3 is 0 Å². The Hall–Kier alpha value is -3.88. The molecule has 5 aromatic rings. The van der Waals surface area contributed by atoms with Crippen LogP contribution < -0.4 is 16.4 Å². The average molecular weight is 466 g/mol. The van der Waals surface area contributed by atoms with Crippen molar-refractivity contribution >= 4 is 55.4 Å². The summed E-state index contributed by atoms with van der Waals surface area (Å²) >= 11 is 0. The highest BCUT2D eigenvalue weighted by molar-refractivity contribution is 6.31. The number of carbonyl (C=O) groups is 2. The summed E-state index contributed by atoms with van der Waals surface area (Å²) in [5, 5.41) is 9.81. The smallest absolute Gasteiger partial charge is 0.252 e. The number of nitrogens with one attached hydrogen (secondary N) is 2. The predicted octanol–water partition coefficient (Wildman–Crippen LogP) is 3.19. The molecule has 0 spiro atoms. The molecule has 1 fully saturated rings. The van der Waals surface area contributed by atoms with E-state index in [1.807, 2.05) is 37.3 Å². The van der Waals surface area contributed by atoms with Gasteiger partial charge in [0.15, 0.2) is 5.72 Å². The Bertz CT molecular complexity index is 1830. The zero-order chi connectivity index (χ0) is 23.9. The normalized spacial score (nSPS) is 26.7. The number of rotatable bonds is 1. The van der Waals surface area contributed by atoms with Gasteiger partial charge in [0, 0.05) is 41.6 Å². The lowest BCUT2D eigenvalue weighted by Gasteiger charge is -2.39. The molecule has 4 N–H and O–H groups in total. The number of fused-ring (bicyclic) bond motifs is 13. The SMILES string of the molecule is CNC(=O)[C@@]1(N)CC2O[C@]1(C)n1c3ccccc3c3c4c(c5c6ccccc6n2c5c31)C(=O)NC4. The van der Waals surface area contributed by atoms with Crippen LogP contribution in [0.15, 0.2) is 48.5 Å². The Morgan fingerprint density at radius 2 is 1.77 bits per heavy atom. The first-order chi connectivity index (χ1) is 16.9. The van der Waals surface area contributed by atoms with E-state index in [1.54, 1.807) is 7.05 Å². The number of nitrogens with zero attached hydrogens (tertiary/aromatic N) is 2. The van der Waals surface area contributed by atoms with Gasteiger partial charge in [-0.2, -0.15) is 0 Å². The lowest BCUT2D eigenvalue weighted by Crippen LogP contribution is -2.65. The van der Waals surface area contributed by atoms with Gasteiger partial charge in [-0.3, -0.25) is 9.59 Å². The van der Waals surface area contributed by atoms with Gasteiger partial charge in [0.2, 0.25) is 5.91 Å². The van der Waals surface area contributed by atoms with E-state index < -0.39 is 17.5 Å². The minimum atomic E-state index is -1.32. The van der Waals surface area contributed by atoms with Crippen LogP contribution in [0.4, 0.5) is 0 Å². The van der Waals surface area contributed by atoms with Gasteiger partial charge in [-0.25, -0.2) is 0 Å². The summed E-state index contributed by atoms with van der Waals surface area (Å²) in [6, 6.07) is 16.2. The molecule has 3 aliphatic heterocycles. The van der Waals surface area contributed by atoms with Crippen molar-refractivity contribution in [2.75, 3.05) is 7.05 Å². The number of benzene rings is 3. The van der Waals surface area contributed by atoms with Crippen molar-refractivity contribution in [2.24, 2.45) is 5.73 Å². The van der Waals surface area contributed by atoms with Crippen molar-refractivity contribution in [2.45, 2.75) is 37.4 Å². The lowest BCUT2D eigenvalue weighted by atomic mass is 9.85. The Labute approximate surface area is 199 Å². The number of nitrogens with two attached hydrogens (primary N) is 1. The van der Waals surface area contributed by atoms with Gasteiger partial charge in [0.1, 0.15) is 11.8 Å². The maximum Gasteiger partial charge on any atom is 0.252 e. The lowest BCUT2D eigenvalue weighted by molar-refractivity contribution is -0.148. The molecule has 8 heteroatoms. The second-order valence-corrected chi connectivity index (χ2v) is 10.0. The average Bonchev–Trinajstić information content (AvgIpc) is 3.55. The zero-order valence-corrected chi connectivity index (χ0v) is 19.3. The van der Waals surface area contributed by atoms with E-state index in [4.69, 9.17) is 10.5 Å². The molecular weight excluding hydrogens is 442 g/mol. The first kappa shape index (κ1) is 19.4. The second-order valence-electron chi connectivity index (χ2n) is 10.0. The molecule has 3 atom stereocenters. The second kappa shape index (κ2) is 5.84. The molecule has 1 saturated heterocycles. The summed E-state index contributed by atoms with van der Waals surface area (Å²) in [5.74, 6) is -0.315. The fourth-order valence-electron chi connectivity index (χ4n) is 7.02. The van der Waals surface area contributed by atoms with Crippen LogP contribution in [0.1, 0.15) is 35.5 Å². The van der Waals surface area contributed by atoms with Crippen molar-refractivity contribution in [1.29, 1.82) is 0 Å². The van der Waals surface area contributed by atoms with Crippen LogP contribution in [0.3, 0.4) is 0 Å². The summed E-state index contributed by atoms with van der Waals surface area (Å²) in [6.07, 6.45) is -0.178. The highest BCUT2D eigenvalue weighted by atomic mass is 16.5. The summed E-state index contributed by atoms with van der Waals surface area (Å²) in [7, 11) is 1.61. The van der Waals surface area contributed by atoms with E-state index in [0.717, 1.165) is 54.7 Å². The molecule has 174 valence electrons. The molecule has 2 bridgehead atoms. The van der Waals surface area contributed by atoms with Crippen LogP contribution in [-0.4, -0.2) is 33.5 Å². The largest absolute Gasteiger partial charge is 0.357 e. The molecule has 1 unspecified atom stereocenters. The number of amides is 2. The Morgan fingerprint density at radius 3 is 2.51 bits per heavy atom. The van der Waals surface area contributed by atoms with Crippen molar-refractivity contribution in [3.8, 4) is 0 Å². The zero-order valence-electron chi connectivity index (χ0n) is 19.3. The van der Waals surface area contributed by atoms with E-state index in [1.165, 1.54) is 0 Å². The molecule has 8 rings (SSSR count). The Balaban J connectivity index is 1.73. The van der Waals surface area contributed by atoms with Crippen molar-refractivity contribution in [3.63, 3.8) is 0 Å². The third-order valence-electron chi connectivity index (χ3n) is 8.55. The Kier molecular flexibility index (Phi) is 3.24. The number of para-hydroxylation sites is 2. The van der Waals surface area contributed by atoms with Gasteiger partial charge in [-0.1, -0.05) is 36.4 Å². The maximum absolute atomic E-state index is 13.4. The number of aromatic nitrogens is 2. The van der Waals surface area contributed by atoms with Crippen LogP contribution in [0.2, 0.25) is 0 Å². The van der Waals surface area contributed by atoms with E-state index in [0.29, 0.717) is 13.0 Å². The number of hydrogen-bond donors (Lipinski definition) is 3. The third-order valence-corrected chi connectivity index (χ3v) is 8.55. The molecule has 3 aromatic carbocycles. The number of likely N-dealkylation sites (N-methyl/N-ethyl adjacent to an activating group) is 1. The van der Waals surface area contributed by atoms with Gasteiger partial charge in [-0.05, 0) is 24.6 Å². The fourth-order valence-corrected chi connectivity index (χ4v) is 7.02. The van der Waals surface area contributed by atoms with Gasteiger partial charge in [-0.15, -0.1) is 0 Å². The molecule has 35 heavy (non-hydrogen) atoms. The van der Waals surface area contributed by atoms with Crippen molar-refractivity contribution in [1.82, 2.24) is 19.8 Å². The molecule has 5 heterocycles. The molecule has 0 saturated carbocycles. The van der Waals surface area contributed by atoms with E-state index in [2.05, 4.69) is 38.0 Å². The fraction of sp³-hybridized carbons (Fsp3) is 0.259. The minimum absolute atomic E-state index is 0.0540. The number of hydrogen-bond acceptors (Lipinski definition) is 4. The molecule has 3 aliphatic rings. The third kappa shape index (κ3) is 1.89. The molecule has 8 nitrogen and oxygen atoms in total. The monoisotopic (exact) mass is 465 g/mol. The van der Waals surface area contributed by atoms with Crippen LogP contribution in [0, 0.1) is 0 Å². The van der Waals surface area contributed by atoms with Crippen LogP contribution in [0.5, 0.6) is 0 Å². The topological polar surface area (TPSA) is 103 Å². The van der Waals surface area contributed by atoms with Gasteiger partial charge in [0.05, 0.1) is 27.6 Å².